The molecule has 0 spiro atoms. The monoisotopic (exact) mass is 494 g/mol. The van der Waals surface area contributed by atoms with Crippen LogP contribution in [0.25, 0.3) is 0 Å². The molecule has 1 aromatic heterocycles. The van der Waals surface area contributed by atoms with Gasteiger partial charge >= 0.3 is 5.97 Å². The number of hydrogen-bond donors (Lipinski definition) is 1. The molecule has 1 amide bonds. The molecule has 1 atom stereocenters. The van der Waals surface area contributed by atoms with E-state index in [0.717, 1.165) is 34.0 Å². The fourth-order valence-corrected chi connectivity index (χ4v) is 6.53. The van der Waals surface area contributed by atoms with Crippen LogP contribution in [0.4, 0.5) is 5.00 Å². The number of methoxy groups -OCH3 is 1. The first kappa shape index (κ1) is 23.5. The van der Waals surface area contributed by atoms with Crippen LogP contribution >= 0.6 is 11.3 Å². The largest absolute Gasteiger partial charge is 0.486 e. The molecule has 2 heterocycles. The summed E-state index contributed by atoms with van der Waals surface area (Å²) in [7, 11) is -1.32. The SMILES string of the molecule is COC(=O)c1c(NC(=O)CN(C)S(=O)(=O)c2ccc3c(c2)OCCO3)sc2c1CCC(C)C2. The van der Waals surface area contributed by atoms with E-state index < -0.39 is 28.4 Å². The minimum Gasteiger partial charge on any atom is -0.486 e. The number of rotatable bonds is 6. The number of carbonyl (C=O) groups is 2. The maximum Gasteiger partial charge on any atom is 0.341 e. The number of sulfonamides is 1. The third-order valence-corrected chi connectivity index (χ3v) is 8.71. The summed E-state index contributed by atoms with van der Waals surface area (Å²) in [5.41, 5.74) is 1.28. The highest BCUT2D eigenvalue weighted by Crippen LogP contribution is 2.40. The van der Waals surface area contributed by atoms with Crippen molar-refractivity contribution < 1.29 is 32.2 Å². The van der Waals surface area contributed by atoms with Gasteiger partial charge in [-0.2, -0.15) is 4.31 Å². The van der Waals surface area contributed by atoms with E-state index in [1.165, 1.54) is 43.7 Å². The predicted octanol–water partition coefficient (Wildman–Crippen LogP) is 2.69. The van der Waals surface area contributed by atoms with Gasteiger partial charge in [-0.15, -0.1) is 11.3 Å². The van der Waals surface area contributed by atoms with Crippen LogP contribution < -0.4 is 14.8 Å². The Morgan fingerprint density at radius 1 is 1.24 bits per heavy atom. The molecule has 1 N–H and O–H groups in total. The van der Waals surface area contributed by atoms with Crippen LogP contribution in [0, 0.1) is 5.92 Å². The van der Waals surface area contributed by atoms with E-state index in [-0.39, 0.29) is 4.90 Å². The topological polar surface area (TPSA) is 111 Å². The summed E-state index contributed by atoms with van der Waals surface area (Å²) >= 11 is 1.35. The molecule has 1 aromatic carbocycles. The van der Waals surface area contributed by atoms with Gasteiger partial charge in [-0.05, 0) is 42.9 Å². The van der Waals surface area contributed by atoms with Crippen molar-refractivity contribution in [3.63, 3.8) is 0 Å². The maximum absolute atomic E-state index is 13.0. The van der Waals surface area contributed by atoms with Gasteiger partial charge in [0.25, 0.3) is 0 Å². The molecule has 0 saturated heterocycles. The molecule has 11 heteroatoms. The van der Waals surface area contributed by atoms with Crippen molar-refractivity contribution in [3.05, 3.63) is 34.2 Å². The number of esters is 1. The number of ether oxygens (including phenoxy) is 3. The number of likely N-dealkylation sites (N-methyl/N-ethyl adjacent to an activating group) is 1. The highest BCUT2D eigenvalue weighted by atomic mass is 32.2. The summed E-state index contributed by atoms with van der Waals surface area (Å²) in [6.45, 7) is 2.46. The average Bonchev–Trinajstić information content (AvgIpc) is 3.14. The maximum atomic E-state index is 13.0. The van der Waals surface area contributed by atoms with Crippen LogP contribution in [0.1, 0.15) is 34.1 Å². The number of nitrogens with zero attached hydrogens (tertiary/aromatic N) is 1. The summed E-state index contributed by atoms with van der Waals surface area (Å²) in [5.74, 6) is 0.269. The number of fused-ring (bicyclic) bond motifs is 2. The molecule has 0 saturated carbocycles. The van der Waals surface area contributed by atoms with Crippen LogP contribution in [-0.4, -0.2) is 58.5 Å². The molecule has 2 aliphatic rings. The number of hydrogen-bond acceptors (Lipinski definition) is 8. The Hall–Kier alpha value is -2.63. The molecule has 1 unspecified atom stereocenters. The molecule has 178 valence electrons. The van der Waals surface area contributed by atoms with E-state index in [4.69, 9.17) is 14.2 Å². The van der Waals surface area contributed by atoms with Gasteiger partial charge in [0.2, 0.25) is 15.9 Å². The number of carbonyl (C=O) groups excluding carboxylic acids is 2. The molecular weight excluding hydrogens is 468 g/mol. The van der Waals surface area contributed by atoms with Crippen LogP contribution in [0.15, 0.2) is 23.1 Å². The van der Waals surface area contributed by atoms with Crippen molar-refractivity contribution in [2.24, 2.45) is 5.92 Å². The Morgan fingerprint density at radius 3 is 2.70 bits per heavy atom. The lowest BCUT2D eigenvalue weighted by Crippen LogP contribution is -2.35. The standard InChI is InChI=1S/C22H26N2O7S2/c1-13-4-6-15-18(10-13)32-21(20(15)22(26)29-3)23-19(25)12-24(2)33(27,28)14-5-7-16-17(11-14)31-9-8-30-16/h5,7,11,13H,4,6,8-10,12H2,1-3H3,(H,23,25). The Morgan fingerprint density at radius 2 is 1.97 bits per heavy atom. The van der Waals surface area contributed by atoms with E-state index in [2.05, 4.69) is 12.2 Å². The van der Waals surface area contributed by atoms with Crippen LogP contribution in [0.5, 0.6) is 11.5 Å². The Bertz CT molecular complexity index is 1190. The van der Waals surface area contributed by atoms with E-state index in [9.17, 15) is 18.0 Å². The van der Waals surface area contributed by atoms with Crippen molar-refractivity contribution in [1.82, 2.24) is 4.31 Å². The van der Waals surface area contributed by atoms with Crippen molar-refractivity contribution in [2.75, 3.05) is 39.2 Å². The lowest BCUT2D eigenvalue weighted by atomic mass is 9.88. The zero-order valence-corrected chi connectivity index (χ0v) is 20.3. The molecule has 1 aliphatic heterocycles. The summed E-state index contributed by atoms with van der Waals surface area (Å²) < 4.78 is 42.8. The van der Waals surface area contributed by atoms with Gasteiger partial charge in [-0.3, -0.25) is 4.79 Å². The van der Waals surface area contributed by atoms with E-state index in [1.54, 1.807) is 0 Å². The molecule has 2 aromatic rings. The van der Waals surface area contributed by atoms with Gasteiger partial charge in [0.05, 0.1) is 24.1 Å². The molecule has 33 heavy (non-hydrogen) atoms. The molecule has 0 bridgehead atoms. The second-order valence-corrected chi connectivity index (χ2v) is 11.3. The second kappa shape index (κ2) is 9.32. The van der Waals surface area contributed by atoms with Gasteiger partial charge in [-0.25, -0.2) is 13.2 Å². The Kier molecular flexibility index (Phi) is 6.64. The highest BCUT2D eigenvalue weighted by Gasteiger charge is 2.30. The van der Waals surface area contributed by atoms with Crippen molar-refractivity contribution in [2.45, 2.75) is 31.1 Å². The molecule has 4 rings (SSSR count). The first-order chi connectivity index (χ1) is 15.7. The van der Waals surface area contributed by atoms with Gasteiger partial charge in [0.1, 0.15) is 18.2 Å². The van der Waals surface area contributed by atoms with E-state index >= 15 is 0 Å². The number of benzene rings is 1. The fourth-order valence-electron chi connectivity index (χ4n) is 3.97. The van der Waals surface area contributed by atoms with Gasteiger partial charge in [0, 0.05) is 18.0 Å². The minimum atomic E-state index is -3.95. The third-order valence-electron chi connectivity index (χ3n) is 5.74. The quantitative estimate of drug-likeness (QED) is 0.615. The Balaban J connectivity index is 1.51. The first-order valence-electron chi connectivity index (χ1n) is 10.6. The molecule has 0 radical (unpaired) electrons. The van der Waals surface area contributed by atoms with Gasteiger partial charge in [-0.1, -0.05) is 6.92 Å². The minimum absolute atomic E-state index is 0.00197. The highest BCUT2D eigenvalue weighted by molar-refractivity contribution is 7.89. The second-order valence-electron chi connectivity index (χ2n) is 8.16. The van der Waals surface area contributed by atoms with Crippen LogP contribution in [0.2, 0.25) is 0 Å². The number of thiophene rings is 1. The van der Waals surface area contributed by atoms with Crippen molar-refractivity contribution in [1.29, 1.82) is 0 Å². The Labute approximate surface area is 196 Å². The summed E-state index contributed by atoms with van der Waals surface area (Å²) in [5, 5.41) is 3.13. The molecular formula is C22H26N2O7S2. The fraction of sp³-hybridized carbons (Fsp3) is 0.455. The van der Waals surface area contributed by atoms with Gasteiger partial charge in [0.15, 0.2) is 11.5 Å². The van der Waals surface area contributed by atoms with Crippen LogP contribution in [0.3, 0.4) is 0 Å². The normalized spacial score (nSPS) is 17.4. The van der Waals surface area contributed by atoms with E-state index in [0.29, 0.717) is 41.2 Å². The molecule has 0 fully saturated rings. The average molecular weight is 495 g/mol. The third kappa shape index (κ3) is 4.71. The van der Waals surface area contributed by atoms with Gasteiger partial charge < -0.3 is 19.5 Å². The first-order valence-corrected chi connectivity index (χ1v) is 12.8. The summed E-state index contributed by atoms with van der Waals surface area (Å²) in [6, 6.07) is 4.35. The summed E-state index contributed by atoms with van der Waals surface area (Å²) in [6.07, 6.45) is 2.53. The van der Waals surface area contributed by atoms with Crippen molar-refractivity contribution >= 4 is 38.2 Å². The lowest BCUT2D eigenvalue weighted by molar-refractivity contribution is -0.116. The summed E-state index contributed by atoms with van der Waals surface area (Å²) in [4.78, 5) is 26.2. The van der Waals surface area contributed by atoms with E-state index in [1.807, 2.05) is 0 Å². The molecule has 9 nitrogen and oxygen atoms in total. The zero-order valence-electron chi connectivity index (χ0n) is 18.7. The number of anilines is 1. The lowest BCUT2D eigenvalue weighted by Gasteiger charge is -2.21. The predicted molar refractivity (Wildman–Crippen MR) is 123 cm³/mol. The number of amides is 1. The zero-order chi connectivity index (χ0) is 23.8. The number of nitrogens with one attached hydrogen (secondary N) is 1. The van der Waals surface area contributed by atoms with Crippen LogP contribution in [-0.2, 0) is 32.4 Å². The molecule has 1 aliphatic carbocycles. The van der Waals surface area contributed by atoms with Crippen molar-refractivity contribution in [3.8, 4) is 11.5 Å². The smallest absolute Gasteiger partial charge is 0.341 e.